The number of nitrogens with zero attached hydrogens (tertiary/aromatic N) is 4. The van der Waals surface area contributed by atoms with Gasteiger partial charge in [0.2, 0.25) is 0 Å². The predicted octanol–water partition coefficient (Wildman–Crippen LogP) is 2.63. The van der Waals surface area contributed by atoms with Crippen molar-refractivity contribution in [3.63, 3.8) is 0 Å². The van der Waals surface area contributed by atoms with Crippen molar-refractivity contribution in [2.24, 2.45) is 0 Å². The molecule has 1 saturated carbocycles. The number of carbonyl (C=O) groups is 1. The van der Waals surface area contributed by atoms with Crippen molar-refractivity contribution in [1.29, 1.82) is 0 Å². The number of amides is 1. The third kappa shape index (κ3) is 3.17. The fraction of sp³-hybridized carbons (Fsp3) is 0.333. The van der Waals surface area contributed by atoms with E-state index >= 15 is 0 Å². The molecule has 128 valence electrons. The normalized spacial score (nSPS) is 19.4. The molecule has 0 saturated heterocycles. The topological polar surface area (TPSA) is 85.8 Å². The van der Waals surface area contributed by atoms with E-state index in [2.05, 4.69) is 27.6 Å². The maximum atomic E-state index is 12.3. The molecule has 25 heavy (non-hydrogen) atoms. The molecule has 1 aliphatic carbocycles. The summed E-state index contributed by atoms with van der Waals surface area (Å²) in [6.45, 7) is 2.06. The Morgan fingerprint density at radius 3 is 2.84 bits per heavy atom. The third-order valence-electron chi connectivity index (χ3n) is 4.49. The van der Waals surface area contributed by atoms with Gasteiger partial charge in [0.15, 0.2) is 11.5 Å². The lowest BCUT2D eigenvalue weighted by Gasteiger charge is -2.34. The van der Waals surface area contributed by atoms with Gasteiger partial charge in [0.1, 0.15) is 0 Å². The molecule has 0 atom stereocenters. The molecule has 7 nitrogen and oxygen atoms in total. The second-order valence-electron chi connectivity index (χ2n) is 6.25. The molecule has 0 bridgehead atoms. The first-order chi connectivity index (χ1) is 12.2. The zero-order chi connectivity index (χ0) is 17.2. The highest BCUT2D eigenvalue weighted by molar-refractivity contribution is 5.93. The van der Waals surface area contributed by atoms with Gasteiger partial charge in [-0.15, -0.1) is 0 Å². The lowest BCUT2D eigenvalue weighted by molar-refractivity contribution is 0.0872. The number of carbonyl (C=O) groups excluding carboxylic acids is 1. The Morgan fingerprint density at radius 2 is 2.12 bits per heavy atom. The van der Waals surface area contributed by atoms with Crippen LogP contribution in [0.4, 0.5) is 0 Å². The summed E-state index contributed by atoms with van der Waals surface area (Å²) in [5.74, 6) is 0.377. The van der Waals surface area contributed by atoms with Gasteiger partial charge in [0, 0.05) is 17.7 Å². The molecule has 2 heterocycles. The van der Waals surface area contributed by atoms with Gasteiger partial charge in [0.25, 0.3) is 5.91 Å². The minimum Gasteiger partial charge on any atom is -0.355 e. The maximum absolute atomic E-state index is 12.3. The van der Waals surface area contributed by atoms with Gasteiger partial charge in [-0.05, 0) is 19.3 Å². The van der Waals surface area contributed by atoms with Crippen molar-refractivity contribution in [3.8, 4) is 11.3 Å². The van der Waals surface area contributed by atoms with Crippen LogP contribution in [0.15, 0.2) is 47.1 Å². The van der Waals surface area contributed by atoms with Crippen molar-refractivity contribution in [2.75, 3.05) is 0 Å². The highest BCUT2D eigenvalue weighted by Gasteiger charge is 2.33. The second-order valence-corrected chi connectivity index (χ2v) is 6.25. The summed E-state index contributed by atoms with van der Waals surface area (Å²) in [5, 5.41) is 15.6. The summed E-state index contributed by atoms with van der Waals surface area (Å²) >= 11 is 0. The smallest absolute Gasteiger partial charge is 0.273 e. The van der Waals surface area contributed by atoms with E-state index in [1.54, 1.807) is 17.1 Å². The van der Waals surface area contributed by atoms with E-state index < -0.39 is 0 Å². The van der Waals surface area contributed by atoms with Crippen LogP contribution < -0.4 is 5.32 Å². The lowest BCUT2D eigenvalue weighted by atomic mass is 9.87. The largest absolute Gasteiger partial charge is 0.355 e. The first-order valence-corrected chi connectivity index (χ1v) is 8.46. The Labute approximate surface area is 145 Å². The Bertz CT molecular complexity index is 864. The van der Waals surface area contributed by atoms with Gasteiger partial charge >= 0.3 is 0 Å². The summed E-state index contributed by atoms with van der Waals surface area (Å²) < 4.78 is 5.28. The monoisotopic (exact) mass is 337 g/mol. The maximum Gasteiger partial charge on any atom is 0.273 e. The quantitative estimate of drug-likeness (QED) is 0.773. The number of rotatable bonds is 5. The van der Waals surface area contributed by atoms with Crippen molar-refractivity contribution in [1.82, 2.24) is 25.5 Å². The van der Waals surface area contributed by atoms with Crippen LogP contribution in [0.5, 0.6) is 0 Å². The van der Waals surface area contributed by atoms with Gasteiger partial charge in [-0.2, -0.15) is 15.0 Å². The molecule has 1 amide bonds. The molecule has 7 heteroatoms. The third-order valence-corrected chi connectivity index (χ3v) is 4.49. The molecule has 3 aromatic rings. The highest BCUT2D eigenvalue weighted by atomic mass is 16.5. The molecule has 4 rings (SSSR count). The minimum atomic E-state index is -0.211. The number of nitrogens with one attached hydrogen (secondary N) is 1. The van der Waals surface area contributed by atoms with Crippen LogP contribution in [-0.4, -0.2) is 32.1 Å². The molecule has 0 radical (unpaired) electrons. The second kappa shape index (κ2) is 6.51. The van der Waals surface area contributed by atoms with Gasteiger partial charge < -0.3 is 9.84 Å². The molecule has 0 unspecified atom stereocenters. The summed E-state index contributed by atoms with van der Waals surface area (Å²) in [6, 6.07) is 11.6. The van der Waals surface area contributed by atoms with Crippen LogP contribution >= 0.6 is 0 Å². The highest BCUT2D eigenvalue weighted by Crippen LogP contribution is 2.31. The first-order valence-electron chi connectivity index (χ1n) is 8.46. The average Bonchev–Trinajstić information content (AvgIpc) is 3.27. The van der Waals surface area contributed by atoms with Gasteiger partial charge in [0.05, 0.1) is 17.9 Å². The number of hydrogen-bond acceptors (Lipinski definition) is 5. The van der Waals surface area contributed by atoms with E-state index in [-0.39, 0.29) is 18.0 Å². The number of aromatic nitrogens is 4. The number of hydrogen-bond donors (Lipinski definition) is 1. The van der Waals surface area contributed by atoms with Crippen LogP contribution in [0.25, 0.3) is 11.3 Å². The average molecular weight is 337 g/mol. The van der Waals surface area contributed by atoms with E-state index in [1.807, 2.05) is 30.3 Å². The van der Waals surface area contributed by atoms with E-state index in [0.717, 1.165) is 30.5 Å². The standard InChI is InChI=1S/C18H19N5O2/c1-2-13-11-19-23(21-13)15-8-14(9-15)20-18(24)16-10-17(25-22-16)12-6-4-3-5-7-12/h3-7,10-11,14-15H,2,8-9H2,1H3,(H,20,24). The SMILES string of the molecule is CCc1cnn(C2CC(NC(=O)c3cc(-c4ccccc4)on3)C2)n1. The van der Waals surface area contributed by atoms with Crippen LogP contribution in [-0.2, 0) is 6.42 Å². The van der Waals surface area contributed by atoms with Crippen molar-refractivity contribution >= 4 is 5.91 Å². The first kappa shape index (κ1) is 15.6. The molecule has 1 N–H and O–H groups in total. The summed E-state index contributed by atoms with van der Waals surface area (Å²) in [7, 11) is 0. The molecule has 0 aliphatic heterocycles. The van der Waals surface area contributed by atoms with Crippen LogP contribution in [0.2, 0.25) is 0 Å². The van der Waals surface area contributed by atoms with E-state index in [9.17, 15) is 4.79 Å². The fourth-order valence-corrected chi connectivity index (χ4v) is 2.92. The Kier molecular flexibility index (Phi) is 4.05. The van der Waals surface area contributed by atoms with Gasteiger partial charge in [-0.3, -0.25) is 4.79 Å². The van der Waals surface area contributed by atoms with Crippen LogP contribution in [0, 0.1) is 0 Å². The van der Waals surface area contributed by atoms with Gasteiger partial charge in [-0.25, -0.2) is 0 Å². The summed E-state index contributed by atoms with van der Waals surface area (Å²) in [5.41, 5.74) is 2.19. The lowest BCUT2D eigenvalue weighted by Crippen LogP contribution is -2.45. The molecule has 1 fully saturated rings. The Balaban J connectivity index is 1.34. The van der Waals surface area contributed by atoms with E-state index in [4.69, 9.17) is 4.52 Å². The van der Waals surface area contributed by atoms with Crippen molar-refractivity contribution < 1.29 is 9.32 Å². The molecule has 1 aliphatic rings. The van der Waals surface area contributed by atoms with Crippen LogP contribution in [0.3, 0.4) is 0 Å². The zero-order valence-electron chi connectivity index (χ0n) is 13.9. The molecule has 2 aromatic heterocycles. The Hall–Kier alpha value is -2.96. The number of benzene rings is 1. The summed E-state index contributed by atoms with van der Waals surface area (Å²) in [6.07, 6.45) is 4.33. The van der Waals surface area contributed by atoms with Gasteiger partial charge in [-0.1, -0.05) is 42.4 Å². The molecule has 1 aromatic carbocycles. The molecular formula is C18H19N5O2. The molecule has 0 spiro atoms. The van der Waals surface area contributed by atoms with E-state index in [1.165, 1.54) is 0 Å². The zero-order valence-corrected chi connectivity index (χ0v) is 13.9. The number of aryl methyl sites for hydroxylation is 1. The molecular weight excluding hydrogens is 318 g/mol. The summed E-state index contributed by atoms with van der Waals surface area (Å²) in [4.78, 5) is 14.1. The fourth-order valence-electron chi connectivity index (χ4n) is 2.92. The Morgan fingerprint density at radius 1 is 1.32 bits per heavy atom. The van der Waals surface area contributed by atoms with E-state index in [0.29, 0.717) is 11.5 Å². The minimum absolute atomic E-state index is 0.116. The van der Waals surface area contributed by atoms with Crippen molar-refractivity contribution in [3.05, 3.63) is 54.0 Å². The van der Waals surface area contributed by atoms with Crippen LogP contribution in [0.1, 0.15) is 42.0 Å². The predicted molar refractivity (Wildman–Crippen MR) is 90.9 cm³/mol. The van der Waals surface area contributed by atoms with Crippen molar-refractivity contribution in [2.45, 2.75) is 38.3 Å².